The van der Waals surface area contributed by atoms with Gasteiger partial charge in [-0.25, -0.2) is 0 Å². The fraction of sp³-hybridized carbons (Fsp3) is 0.462. The lowest BCUT2D eigenvalue weighted by molar-refractivity contribution is 0.0846. The smallest absolute Gasteiger partial charge is 0.248 e. The van der Waals surface area contributed by atoms with Gasteiger partial charge in [-0.1, -0.05) is 0 Å². The minimum absolute atomic E-state index is 0.202. The molecule has 0 bridgehead atoms. The number of amides is 1. The topological polar surface area (TPSA) is 81.6 Å². The zero-order valence-corrected chi connectivity index (χ0v) is 11.1. The van der Waals surface area contributed by atoms with E-state index in [9.17, 15) is 4.79 Å². The normalized spacial score (nSPS) is 10.7. The first-order valence-corrected chi connectivity index (χ1v) is 5.94. The number of ether oxygens (including phenoxy) is 1. The summed E-state index contributed by atoms with van der Waals surface area (Å²) >= 11 is 0. The van der Waals surface area contributed by atoms with Crippen molar-refractivity contribution < 1.29 is 9.53 Å². The highest BCUT2D eigenvalue weighted by Crippen LogP contribution is 2.23. The predicted molar refractivity (Wildman–Crippen MR) is 73.7 cm³/mol. The quantitative estimate of drug-likeness (QED) is 0.745. The molecule has 0 saturated heterocycles. The van der Waals surface area contributed by atoms with E-state index in [1.807, 2.05) is 25.8 Å². The van der Waals surface area contributed by atoms with E-state index in [4.69, 9.17) is 16.2 Å². The van der Waals surface area contributed by atoms with Gasteiger partial charge in [0.1, 0.15) is 0 Å². The van der Waals surface area contributed by atoms with E-state index in [1.54, 1.807) is 18.2 Å². The van der Waals surface area contributed by atoms with Crippen LogP contribution >= 0.6 is 0 Å². The number of anilines is 2. The summed E-state index contributed by atoms with van der Waals surface area (Å²) < 4.78 is 5.48. The van der Waals surface area contributed by atoms with E-state index in [-0.39, 0.29) is 6.10 Å². The van der Waals surface area contributed by atoms with Crippen LogP contribution in [0.2, 0.25) is 0 Å². The Bertz CT molecular complexity index is 419. The molecular formula is C13H21N3O2. The molecule has 100 valence electrons. The van der Waals surface area contributed by atoms with Crippen LogP contribution in [0.3, 0.4) is 0 Å². The summed E-state index contributed by atoms with van der Waals surface area (Å²) in [6, 6.07) is 5.02. The largest absolute Gasteiger partial charge is 0.397 e. The van der Waals surface area contributed by atoms with Crippen molar-refractivity contribution in [2.24, 2.45) is 5.73 Å². The first kappa shape index (κ1) is 14.3. The number of nitrogens with zero attached hydrogens (tertiary/aromatic N) is 1. The molecule has 0 atom stereocenters. The summed E-state index contributed by atoms with van der Waals surface area (Å²) in [4.78, 5) is 13.1. The third-order valence-electron chi connectivity index (χ3n) is 2.60. The van der Waals surface area contributed by atoms with Gasteiger partial charge < -0.3 is 21.1 Å². The third-order valence-corrected chi connectivity index (χ3v) is 2.60. The van der Waals surface area contributed by atoms with Crippen LogP contribution in [0.15, 0.2) is 18.2 Å². The fourth-order valence-corrected chi connectivity index (χ4v) is 1.57. The number of likely N-dealkylation sites (N-methyl/N-ethyl adjacent to an activating group) is 1. The molecule has 0 spiro atoms. The van der Waals surface area contributed by atoms with Gasteiger partial charge in [-0.15, -0.1) is 0 Å². The Morgan fingerprint density at radius 3 is 2.67 bits per heavy atom. The summed E-state index contributed by atoms with van der Waals surface area (Å²) in [6.45, 7) is 5.28. The van der Waals surface area contributed by atoms with E-state index >= 15 is 0 Å². The molecule has 0 aromatic heterocycles. The molecule has 1 amide bonds. The van der Waals surface area contributed by atoms with E-state index in [2.05, 4.69) is 0 Å². The molecule has 0 saturated carbocycles. The highest BCUT2D eigenvalue weighted by Gasteiger charge is 2.09. The SMILES string of the molecule is CC(C)OCCN(C)c1cc(C(N)=O)ccc1N. The molecule has 1 aromatic rings. The Hall–Kier alpha value is -1.75. The number of primary amides is 1. The van der Waals surface area contributed by atoms with Crippen LogP contribution in [0, 0.1) is 0 Å². The van der Waals surface area contributed by atoms with Crippen LogP contribution in [-0.2, 0) is 4.74 Å². The molecule has 1 aromatic carbocycles. The standard InChI is InChI=1S/C13H21N3O2/c1-9(2)18-7-6-16(3)12-8-10(13(15)17)4-5-11(12)14/h4-5,8-9H,6-7,14H2,1-3H3,(H2,15,17). The second-order valence-electron chi connectivity index (χ2n) is 4.48. The number of benzene rings is 1. The summed E-state index contributed by atoms with van der Waals surface area (Å²) in [5, 5.41) is 0. The summed E-state index contributed by atoms with van der Waals surface area (Å²) in [5.74, 6) is -0.455. The van der Waals surface area contributed by atoms with Crippen LogP contribution in [0.4, 0.5) is 11.4 Å². The molecule has 0 aliphatic heterocycles. The van der Waals surface area contributed by atoms with Gasteiger partial charge in [0.25, 0.3) is 0 Å². The number of hydrogen-bond donors (Lipinski definition) is 2. The third kappa shape index (κ3) is 3.92. The summed E-state index contributed by atoms with van der Waals surface area (Å²) in [6.07, 6.45) is 0.202. The number of rotatable bonds is 6. The molecular weight excluding hydrogens is 230 g/mol. The summed E-state index contributed by atoms with van der Waals surface area (Å²) in [7, 11) is 1.90. The summed E-state index contributed by atoms with van der Waals surface area (Å²) in [5.41, 5.74) is 13.0. The van der Waals surface area contributed by atoms with Crippen molar-refractivity contribution in [1.82, 2.24) is 0 Å². The zero-order valence-electron chi connectivity index (χ0n) is 11.1. The lowest BCUT2D eigenvalue weighted by Gasteiger charge is -2.22. The molecule has 18 heavy (non-hydrogen) atoms. The second-order valence-corrected chi connectivity index (χ2v) is 4.48. The van der Waals surface area contributed by atoms with Crippen molar-refractivity contribution in [3.63, 3.8) is 0 Å². The van der Waals surface area contributed by atoms with Crippen LogP contribution in [-0.4, -0.2) is 32.2 Å². The van der Waals surface area contributed by atoms with Crippen molar-refractivity contribution in [3.8, 4) is 0 Å². The van der Waals surface area contributed by atoms with Crippen molar-refractivity contribution in [2.45, 2.75) is 20.0 Å². The van der Waals surface area contributed by atoms with Gasteiger partial charge in [0.15, 0.2) is 0 Å². The molecule has 5 nitrogen and oxygen atoms in total. The number of carbonyl (C=O) groups is 1. The molecule has 5 heteroatoms. The van der Waals surface area contributed by atoms with Gasteiger partial charge in [0, 0.05) is 19.2 Å². The van der Waals surface area contributed by atoms with Crippen molar-refractivity contribution in [2.75, 3.05) is 30.8 Å². The van der Waals surface area contributed by atoms with Gasteiger partial charge >= 0.3 is 0 Å². The van der Waals surface area contributed by atoms with Crippen LogP contribution in [0.5, 0.6) is 0 Å². The molecule has 0 heterocycles. The first-order valence-electron chi connectivity index (χ1n) is 5.94. The Morgan fingerprint density at radius 2 is 2.11 bits per heavy atom. The van der Waals surface area contributed by atoms with Gasteiger partial charge in [-0.05, 0) is 32.0 Å². The number of nitrogen functional groups attached to an aromatic ring is 1. The Balaban J connectivity index is 2.74. The minimum atomic E-state index is -0.455. The second kappa shape index (κ2) is 6.26. The predicted octanol–water partition coefficient (Wildman–Crippen LogP) is 1.23. The van der Waals surface area contributed by atoms with Gasteiger partial charge in [-0.2, -0.15) is 0 Å². The molecule has 0 unspecified atom stereocenters. The Labute approximate surface area is 108 Å². The van der Waals surface area contributed by atoms with Gasteiger partial charge in [0.05, 0.1) is 24.1 Å². The van der Waals surface area contributed by atoms with Crippen molar-refractivity contribution in [1.29, 1.82) is 0 Å². The lowest BCUT2D eigenvalue weighted by atomic mass is 10.1. The van der Waals surface area contributed by atoms with E-state index < -0.39 is 5.91 Å². The van der Waals surface area contributed by atoms with Crippen molar-refractivity contribution in [3.05, 3.63) is 23.8 Å². The number of hydrogen-bond acceptors (Lipinski definition) is 4. The number of nitrogens with two attached hydrogens (primary N) is 2. The molecule has 0 radical (unpaired) electrons. The van der Waals surface area contributed by atoms with Crippen LogP contribution < -0.4 is 16.4 Å². The highest BCUT2D eigenvalue weighted by atomic mass is 16.5. The lowest BCUT2D eigenvalue weighted by Crippen LogP contribution is -2.25. The maximum absolute atomic E-state index is 11.1. The Kier molecular flexibility index (Phi) is 4.97. The molecule has 4 N–H and O–H groups in total. The Morgan fingerprint density at radius 1 is 1.44 bits per heavy atom. The van der Waals surface area contributed by atoms with E-state index in [0.717, 1.165) is 5.69 Å². The van der Waals surface area contributed by atoms with Gasteiger partial charge in [0.2, 0.25) is 5.91 Å². The fourth-order valence-electron chi connectivity index (χ4n) is 1.57. The average molecular weight is 251 g/mol. The van der Waals surface area contributed by atoms with Crippen LogP contribution in [0.25, 0.3) is 0 Å². The maximum Gasteiger partial charge on any atom is 0.248 e. The highest BCUT2D eigenvalue weighted by molar-refractivity contribution is 5.95. The molecule has 0 fully saturated rings. The molecule has 0 aliphatic carbocycles. The van der Waals surface area contributed by atoms with Gasteiger partial charge in [-0.3, -0.25) is 4.79 Å². The maximum atomic E-state index is 11.1. The average Bonchev–Trinajstić information content (AvgIpc) is 2.28. The zero-order chi connectivity index (χ0) is 13.7. The first-order chi connectivity index (χ1) is 8.41. The van der Waals surface area contributed by atoms with Crippen molar-refractivity contribution >= 4 is 17.3 Å². The number of carbonyl (C=O) groups excluding carboxylic acids is 1. The molecule has 1 rings (SSSR count). The van der Waals surface area contributed by atoms with E-state index in [1.165, 1.54) is 0 Å². The van der Waals surface area contributed by atoms with E-state index in [0.29, 0.717) is 24.4 Å². The minimum Gasteiger partial charge on any atom is -0.397 e. The monoisotopic (exact) mass is 251 g/mol. The molecule has 0 aliphatic rings. The van der Waals surface area contributed by atoms with Crippen LogP contribution in [0.1, 0.15) is 24.2 Å².